The number of carbonyl (C=O) groups is 1. The number of hydrogen-bond donors (Lipinski definition) is 0. The molecule has 0 unspecified atom stereocenters. The van der Waals surface area contributed by atoms with Crippen LogP contribution in [0.2, 0.25) is 0 Å². The van der Waals surface area contributed by atoms with Crippen LogP contribution in [-0.2, 0) is 17.8 Å². The van der Waals surface area contributed by atoms with E-state index in [1.165, 1.54) is 5.56 Å². The third kappa shape index (κ3) is 3.21. The Hall–Kier alpha value is -2.69. The molecule has 1 saturated heterocycles. The van der Waals surface area contributed by atoms with Gasteiger partial charge in [0.15, 0.2) is 5.65 Å². The van der Waals surface area contributed by atoms with Crippen molar-refractivity contribution in [3.63, 3.8) is 0 Å². The zero-order valence-corrected chi connectivity index (χ0v) is 15.1. The number of fused-ring (bicyclic) bond motifs is 1. The quantitative estimate of drug-likeness (QED) is 0.710. The van der Waals surface area contributed by atoms with Gasteiger partial charge < -0.3 is 9.47 Å². The average Bonchev–Trinajstić information content (AvgIpc) is 3.31. The van der Waals surface area contributed by atoms with Crippen LogP contribution in [0.4, 0.5) is 0 Å². The Morgan fingerprint density at radius 2 is 2.04 bits per heavy atom. The lowest BCUT2D eigenvalue weighted by molar-refractivity contribution is -0.130. The Kier molecular flexibility index (Phi) is 4.69. The minimum Gasteiger partial charge on any atom is -0.342 e. The molecule has 1 aliphatic rings. The maximum absolute atomic E-state index is 12.6. The molecule has 2 aromatic heterocycles. The molecular formula is C21H24N4O. The van der Waals surface area contributed by atoms with Crippen molar-refractivity contribution in [3.8, 4) is 0 Å². The zero-order chi connectivity index (χ0) is 17.9. The number of nitrogens with zero attached hydrogens (tertiary/aromatic N) is 4. The monoisotopic (exact) mass is 348 g/mol. The van der Waals surface area contributed by atoms with Crippen LogP contribution in [0.25, 0.3) is 11.2 Å². The summed E-state index contributed by atoms with van der Waals surface area (Å²) in [4.78, 5) is 23.9. The summed E-state index contributed by atoms with van der Waals surface area (Å²) in [5, 5.41) is 0. The molecule has 1 amide bonds. The van der Waals surface area contributed by atoms with Gasteiger partial charge in [0.05, 0.1) is 0 Å². The van der Waals surface area contributed by atoms with Gasteiger partial charge in [0.25, 0.3) is 0 Å². The van der Waals surface area contributed by atoms with Gasteiger partial charge in [0, 0.05) is 38.2 Å². The number of hydrogen-bond acceptors (Lipinski definition) is 3. The van der Waals surface area contributed by atoms with Crippen LogP contribution >= 0.6 is 0 Å². The fraction of sp³-hybridized carbons (Fsp3) is 0.381. The van der Waals surface area contributed by atoms with Gasteiger partial charge in [-0.15, -0.1) is 0 Å². The van der Waals surface area contributed by atoms with E-state index >= 15 is 0 Å². The molecule has 4 rings (SSSR count). The summed E-state index contributed by atoms with van der Waals surface area (Å²) in [6.07, 6.45) is 4.16. The number of benzene rings is 1. The second-order valence-corrected chi connectivity index (χ2v) is 6.87. The molecule has 26 heavy (non-hydrogen) atoms. The first-order valence-corrected chi connectivity index (χ1v) is 9.39. The number of carbonyl (C=O) groups excluding carboxylic acids is 1. The Bertz CT molecular complexity index is 903. The fourth-order valence-corrected chi connectivity index (χ4v) is 3.85. The summed E-state index contributed by atoms with van der Waals surface area (Å²) in [5.41, 5.74) is 3.10. The highest BCUT2D eigenvalue weighted by molar-refractivity contribution is 5.77. The molecule has 1 atom stereocenters. The Morgan fingerprint density at radius 1 is 1.19 bits per heavy atom. The number of rotatable bonds is 5. The standard InChI is InChI=1S/C21H24N4O/c1-2-25-20(23-18-9-6-13-22-21(18)25)17-12-14-24(15-17)19(26)11-10-16-7-4-3-5-8-16/h3-9,13,17H,2,10-12,14-15H2,1H3/t17-/m1/s1. The van der Waals surface area contributed by atoms with Gasteiger partial charge in [-0.05, 0) is 37.5 Å². The number of amides is 1. The topological polar surface area (TPSA) is 51.0 Å². The average molecular weight is 348 g/mol. The van der Waals surface area contributed by atoms with Gasteiger partial charge in [-0.3, -0.25) is 4.79 Å². The highest BCUT2D eigenvalue weighted by Gasteiger charge is 2.30. The normalized spacial score (nSPS) is 17.1. The van der Waals surface area contributed by atoms with Crippen LogP contribution in [0.15, 0.2) is 48.7 Å². The van der Waals surface area contributed by atoms with E-state index in [4.69, 9.17) is 4.98 Å². The third-order valence-corrected chi connectivity index (χ3v) is 5.23. The summed E-state index contributed by atoms with van der Waals surface area (Å²) < 4.78 is 2.19. The van der Waals surface area contributed by atoms with Crippen molar-refractivity contribution in [2.45, 2.75) is 38.6 Å². The van der Waals surface area contributed by atoms with E-state index in [0.717, 1.165) is 49.5 Å². The summed E-state index contributed by atoms with van der Waals surface area (Å²) >= 11 is 0. The van der Waals surface area contributed by atoms with Crippen LogP contribution in [0.3, 0.4) is 0 Å². The molecule has 0 saturated carbocycles. The van der Waals surface area contributed by atoms with Crippen molar-refractivity contribution in [2.24, 2.45) is 0 Å². The number of imidazole rings is 1. The lowest BCUT2D eigenvalue weighted by atomic mass is 10.1. The first kappa shape index (κ1) is 16.8. The molecule has 0 spiro atoms. The Balaban J connectivity index is 1.44. The Labute approximate surface area is 153 Å². The smallest absolute Gasteiger partial charge is 0.222 e. The zero-order valence-electron chi connectivity index (χ0n) is 15.1. The lowest BCUT2D eigenvalue weighted by Crippen LogP contribution is -2.29. The van der Waals surface area contributed by atoms with Crippen molar-refractivity contribution < 1.29 is 4.79 Å². The van der Waals surface area contributed by atoms with Gasteiger partial charge in [-0.25, -0.2) is 9.97 Å². The number of aromatic nitrogens is 3. The number of aryl methyl sites for hydroxylation is 2. The summed E-state index contributed by atoms with van der Waals surface area (Å²) in [6, 6.07) is 14.1. The van der Waals surface area contributed by atoms with Gasteiger partial charge in [-0.2, -0.15) is 0 Å². The Morgan fingerprint density at radius 3 is 2.85 bits per heavy atom. The van der Waals surface area contributed by atoms with E-state index in [1.54, 1.807) is 0 Å². The lowest BCUT2D eigenvalue weighted by Gasteiger charge is -2.17. The molecule has 1 fully saturated rings. The first-order chi connectivity index (χ1) is 12.8. The maximum atomic E-state index is 12.6. The summed E-state index contributed by atoms with van der Waals surface area (Å²) in [5.74, 6) is 1.61. The molecule has 134 valence electrons. The van der Waals surface area contributed by atoms with E-state index in [-0.39, 0.29) is 5.91 Å². The molecule has 1 aliphatic heterocycles. The van der Waals surface area contributed by atoms with Crippen molar-refractivity contribution in [1.29, 1.82) is 0 Å². The van der Waals surface area contributed by atoms with Crippen molar-refractivity contribution in [3.05, 3.63) is 60.0 Å². The third-order valence-electron chi connectivity index (χ3n) is 5.23. The van der Waals surface area contributed by atoms with Gasteiger partial charge in [0.1, 0.15) is 11.3 Å². The van der Waals surface area contributed by atoms with Crippen LogP contribution in [0.5, 0.6) is 0 Å². The van der Waals surface area contributed by atoms with Crippen LogP contribution in [0, 0.1) is 0 Å². The minimum atomic E-state index is 0.244. The van der Waals surface area contributed by atoms with E-state index in [0.29, 0.717) is 12.3 Å². The van der Waals surface area contributed by atoms with Gasteiger partial charge >= 0.3 is 0 Å². The fourth-order valence-electron chi connectivity index (χ4n) is 3.85. The van der Waals surface area contributed by atoms with Crippen LogP contribution in [0.1, 0.15) is 37.1 Å². The second-order valence-electron chi connectivity index (χ2n) is 6.87. The largest absolute Gasteiger partial charge is 0.342 e. The van der Waals surface area contributed by atoms with Gasteiger partial charge in [0.2, 0.25) is 5.91 Å². The molecule has 0 N–H and O–H groups in total. The molecular weight excluding hydrogens is 324 g/mol. The highest BCUT2D eigenvalue weighted by Crippen LogP contribution is 2.29. The van der Waals surface area contributed by atoms with Crippen molar-refractivity contribution in [1.82, 2.24) is 19.4 Å². The predicted octanol–water partition coefficient (Wildman–Crippen LogP) is 3.40. The van der Waals surface area contributed by atoms with Crippen molar-refractivity contribution in [2.75, 3.05) is 13.1 Å². The molecule has 3 heterocycles. The molecule has 0 bridgehead atoms. The SMILES string of the molecule is CCn1c([C@@H]2CCN(C(=O)CCc3ccccc3)C2)nc2cccnc21. The molecule has 0 aliphatic carbocycles. The second kappa shape index (κ2) is 7.28. The molecule has 5 nitrogen and oxygen atoms in total. The minimum absolute atomic E-state index is 0.244. The molecule has 3 aromatic rings. The molecule has 5 heteroatoms. The molecule has 0 radical (unpaired) electrons. The van der Waals surface area contributed by atoms with E-state index in [2.05, 4.69) is 28.6 Å². The summed E-state index contributed by atoms with van der Waals surface area (Å²) in [7, 11) is 0. The van der Waals surface area contributed by atoms with E-state index in [1.807, 2.05) is 41.4 Å². The first-order valence-electron chi connectivity index (χ1n) is 9.39. The van der Waals surface area contributed by atoms with Crippen LogP contribution in [-0.4, -0.2) is 38.4 Å². The van der Waals surface area contributed by atoms with E-state index in [9.17, 15) is 4.79 Å². The maximum Gasteiger partial charge on any atom is 0.222 e. The number of likely N-dealkylation sites (tertiary alicyclic amines) is 1. The number of pyridine rings is 1. The van der Waals surface area contributed by atoms with Crippen molar-refractivity contribution >= 4 is 17.1 Å². The van der Waals surface area contributed by atoms with Crippen LogP contribution < -0.4 is 0 Å². The predicted molar refractivity (Wildman–Crippen MR) is 102 cm³/mol. The summed E-state index contributed by atoms with van der Waals surface area (Å²) in [6.45, 7) is 4.55. The van der Waals surface area contributed by atoms with Gasteiger partial charge in [-0.1, -0.05) is 30.3 Å². The highest BCUT2D eigenvalue weighted by atomic mass is 16.2. The molecule has 1 aromatic carbocycles. The van der Waals surface area contributed by atoms with E-state index < -0.39 is 0 Å².